The van der Waals surface area contributed by atoms with Crippen LogP contribution in [0.4, 0.5) is 5.82 Å². The van der Waals surface area contributed by atoms with E-state index in [9.17, 15) is 4.79 Å². The van der Waals surface area contributed by atoms with Gasteiger partial charge in [0.2, 0.25) is 0 Å². The highest BCUT2D eigenvalue weighted by Crippen LogP contribution is 2.41. The minimum absolute atomic E-state index is 0.135. The van der Waals surface area contributed by atoms with Crippen LogP contribution in [-0.2, 0) is 0 Å². The smallest absolute Gasteiger partial charge is 0.256 e. The lowest BCUT2D eigenvalue weighted by Gasteiger charge is -2.03. The molecule has 1 aliphatic rings. The molecule has 0 spiro atoms. The van der Waals surface area contributed by atoms with Crippen LogP contribution in [0, 0.1) is 6.92 Å². The van der Waals surface area contributed by atoms with Crippen molar-refractivity contribution in [3.8, 4) is 0 Å². The number of hydrogen-bond acceptors (Lipinski definition) is 2. The van der Waals surface area contributed by atoms with Gasteiger partial charge in [0.15, 0.2) is 5.82 Å². The minimum Gasteiger partial charge on any atom is -0.305 e. The van der Waals surface area contributed by atoms with Gasteiger partial charge in [-0.25, -0.2) is 0 Å². The summed E-state index contributed by atoms with van der Waals surface area (Å²) < 4.78 is 0.955. The molecule has 1 heterocycles. The predicted molar refractivity (Wildman–Crippen MR) is 77.4 cm³/mol. The first kappa shape index (κ1) is 12.4. The van der Waals surface area contributed by atoms with Gasteiger partial charge in [0.25, 0.3) is 5.91 Å². The zero-order valence-corrected chi connectivity index (χ0v) is 12.1. The summed E-state index contributed by atoms with van der Waals surface area (Å²) in [4.78, 5) is 12.1. The first-order valence-electron chi connectivity index (χ1n) is 6.27. The van der Waals surface area contributed by atoms with Crippen LogP contribution in [0.15, 0.2) is 28.7 Å². The largest absolute Gasteiger partial charge is 0.305 e. The van der Waals surface area contributed by atoms with E-state index in [1.54, 1.807) is 12.1 Å². The summed E-state index contributed by atoms with van der Waals surface area (Å²) in [6.45, 7) is 1.99. The number of halogens is 1. The molecule has 1 aromatic heterocycles. The zero-order valence-electron chi connectivity index (χ0n) is 10.5. The van der Waals surface area contributed by atoms with Crippen molar-refractivity contribution in [3.63, 3.8) is 0 Å². The van der Waals surface area contributed by atoms with Gasteiger partial charge in [-0.05, 0) is 44.0 Å². The minimum atomic E-state index is -0.135. The molecule has 0 atom stereocenters. The molecular weight excluding hydrogens is 306 g/mol. The summed E-state index contributed by atoms with van der Waals surface area (Å²) in [6.07, 6.45) is 2.42. The SMILES string of the molecule is Cc1c(NC(=O)c2ccc(Br)cc2)n[nH]c1C1CC1. The molecule has 0 bridgehead atoms. The molecule has 3 rings (SSSR count). The van der Waals surface area contributed by atoms with Crippen molar-refractivity contribution < 1.29 is 4.79 Å². The van der Waals surface area contributed by atoms with Crippen LogP contribution in [0.1, 0.15) is 40.4 Å². The maximum absolute atomic E-state index is 12.1. The molecule has 1 fully saturated rings. The van der Waals surface area contributed by atoms with E-state index < -0.39 is 0 Å². The Balaban J connectivity index is 1.77. The zero-order chi connectivity index (χ0) is 13.4. The van der Waals surface area contributed by atoms with E-state index in [-0.39, 0.29) is 5.91 Å². The highest BCUT2D eigenvalue weighted by Gasteiger charge is 2.28. The van der Waals surface area contributed by atoms with Crippen molar-refractivity contribution >= 4 is 27.7 Å². The maximum Gasteiger partial charge on any atom is 0.256 e. The Hall–Kier alpha value is -1.62. The van der Waals surface area contributed by atoms with E-state index >= 15 is 0 Å². The summed E-state index contributed by atoms with van der Waals surface area (Å²) in [6, 6.07) is 7.26. The Kier molecular flexibility index (Phi) is 3.14. The molecule has 2 aromatic rings. The predicted octanol–water partition coefficient (Wildman–Crippen LogP) is 3.61. The second kappa shape index (κ2) is 4.81. The molecule has 2 N–H and O–H groups in total. The van der Waals surface area contributed by atoms with Crippen molar-refractivity contribution in [2.24, 2.45) is 0 Å². The molecule has 0 aliphatic heterocycles. The van der Waals surface area contributed by atoms with Gasteiger partial charge in [0, 0.05) is 27.2 Å². The number of hydrogen-bond donors (Lipinski definition) is 2. The Bertz CT molecular complexity index is 614. The number of anilines is 1. The second-order valence-electron chi connectivity index (χ2n) is 4.85. The third-order valence-electron chi connectivity index (χ3n) is 3.37. The standard InChI is InChI=1S/C14H14BrN3O/c1-8-12(9-2-3-9)17-18-13(8)16-14(19)10-4-6-11(15)7-5-10/h4-7,9H,2-3H2,1H3,(H2,16,17,18,19). The number of carbonyl (C=O) groups excluding carboxylic acids is 1. The van der Waals surface area contributed by atoms with Crippen molar-refractivity contribution in [2.75, 3.05) is 5.32 Å². The van der Waals surface area contributed by atoms with Crippen molar-refractivity contribution in [1.29, 1.82) is 0 Å². The normalized spacial score (nSPS) is 14.4. The summed E-state index contributed by atoms with van der Waals surface area (Å²) in [7, 11) is 0. The number of nitrogens with zero attached hydrogens (tertiary/aromatic N) is 1. The van der Waals surface area contributed by atoms with E-state index in [4.69, 9.17) is 0 Å². The average Bonchev–Trinajstić information content (AvgIpc) is 3.17. The monoisotopic (exact) mass is 319 g/mol. The van der Waals surface area contributed by atoms with Crippen LogP contribution in [0.5, 0.6) is 0 Å². The third kappa shape index (κ3) is 2.56. The van der Waals surface area contributed by atoms with Gasteiger partial charge in [-0.1, -0.05) is 15.9 Å². The lowest BCUT2D eigenvalue weighted by molar-refractivity contribution is 0.102. The molecule has 0 radical (unpaired) electrons. The summed E-state index contributed by atoms with van der Waals surface area (Å²) in [5, 5.41) is 10.1. The van der Waals surface area contributed by atoms with E-state index in [0.29, 0.717) is 17.3 Å². The topological polar surface area (TPSA) is 57.8 Å². The summed E-state index contributed by atoms with van der Waals surface area (Å²) in [5.41, 5.74) is 2.83. The van der Waals surface area contributed by atoms with Crippen LogP contribution in [-0.4, -0.2) is 16.1 Å². The van der Waals surface area contributed by atoms with E-state index in [2.05, 4.69) is 31.4 Å². The quantitative estimate of drug-likeness (QED) is 0.907. The fourth-order valence-electron chi connectivity index (χ4n) is 2.08. The molecule has 1 saturated carbocycles. The lowest BCUT2D eigenvalue weighted by Crippen LogP contribution is -2.12. The Labute approximate surface area is 119 Å². The lowest BCUT2D eigenvalue weighted by atomic mass is 10.2. The van der Waals surface area contributed by atoms with Crippen LogP contribution < -0.4 is 5.32 Å². The van der Waals surface area contributed by atoms with Gasteiger partial charge in [0.05, 0.1) is 0 Å². The van der Waals surface area contributed by atoms with Crippen LogP contribution in [0.2, 0.25) is 0 Å². The molecule has 1 aromatic carbocycles. The van der Waals surface area contributed by atoms with Gasteiger partial charge in [-0.15, -0.1) is 0 Å². The first-order chi connectivity index (χ1) is 9.15. The first-order valence-corrected chi connectivity index (χ1v) is 7.06. The molecular formula is C14H14BrN3O. The van der Waals surface area contributed by atoms with Crippen molar-refractivity contribution in [3.05, 3.63) is 45.6 Å². The number of H-pyrrole nitrogens is 1. The molecule has 1 aliphatic carbocycles. The molecule has 5 heteroatoms. The van der Waals surface area contributed by atoms with E-state index in [0.717, 1.165) is 15.7 Å². The molecule has 1 amide bonds. The molecule has 0 unspecified atom stereocenters. The number of aromatic nitrogens is 2. The fraction of sp³-hybridized carbons (Fsp3) is 0.286. The second-order valence-corrected chi connectivity index (χ2v) is 5.76. The highest BCUT2D eigenvalue weighted by molar-refractivity contribution is 9.10. The number of nitrogens with one attached hydrogen (secondary N) is 2. The average molecular weight is 320 g/mol. The van der Waals surface area contributed by atoms with Gasteiger partial charge >= 0.3 is 0 Å². The molecule has 0 saturated heterocycles. The number of benzene rings is 1. The summed E-state index contributed by atoms with van der Waals surface area (Å²) in [5.74, 6) is 1.10. The fourth-order valence-corrected chi connectivity index (χ4v) is 2.35. The van der Waals surface area contributed by atoms with Crippen LogP contribution >= 0.6 is 15.9 Å². The van der Waals surface area contributed by atoms with Crippen molar-refractivity contribution in [2.45, 2.75) is 25.7 Å². The molecule has 4 nitrogen and oxygen atoms in total. The number of rotatable bonds is 3. The van der Waals surface area contributed by atoms with Crippen LogP contribution in [0.25, 0.3) is 0 Å². The van der Waals surface area contributed by atoms with Gasteiger partial charge in [-0.3, -0.25) is 9.89 Å². The highest BCUT2D eigenvalue weighted by atomic mass is 79.9. The maximum atomic E-state index is 12.1. The Morgan fingerprint density at radius 3 is 2.68 bits per heavy atom. The van der Waals surface area contributed by atoms with Crippen LogP contribution in [0.3, 0.4) is 0 Å². The Morgan fingerprint density at radius 2 is 2.05 bits per heavy atom. The number of aromatic amines is 1. The Morgan fingerprint density at radius 1 is 1.37 bits per heavy atom. The number of amides is 1. The summed E-state index contributed by atoms with van der Waals surface area (Å²) >= 11 is 3.35. The molecule has 98 valence electrons. The van der Waals surface area contributed by atoms with Gasteiger partial charge < -0.3 is 5.32 Å². The van der Waals surface area contributed by atoms with E-state index in [1.165, 1.54) is 12.8 Å². The van der Waals surface area contributed by atoms with Gasteiger partial charge in [0.1, 0.15) is 0 Å². The van der Waals surface area contributed by atoms with Crippen molar-refractivity contribution in [1.82, 2.24) is 10.2 Å². The third-order valence-corrected chi connectivity index (χ3v) is 3.90. The van der Waals surface area contributed by atoms with Gasteiger partial charge in [-0.2, -0.15) is 5.10 Å². The molecule has 19 heavy (non-hydrogen) atoms. The van der Waals surface area contributed by atoms with E-state index in [1.807, 2.05) is 19.1 Å². The number of carbonyl (C=O) groups is 1.